The molecule has 0 bridgehead atoms. The standard InChI is InChI=1S/C11H14N6O.ClH/c1-12-7-10(18)13-9-5-3-4-8(6-9)11-14-15-16-17(11)2;/h3-6,12H,7H2,1-2H3,(H,13,18);1H. The monoisotopic (exact) mass is 282 g/mol. The van der Waals surface area contributed by atoms with E-state index in [4.69, 9.17) is 0 Å². The Kier molecular flexibility index (Phi) is 5.40. The van der Waals surface area contributed by atoms with E-state index in [0.717, 1.165) is 11.3 Å². The minimum absolute atomic E-state index is 0. The molecule has 0 spiro atoms. The molecule has 1 heterocycles. The van der Waals surface area contributed by atoms with Crippen molar-refractivity contribution < 1.29 is 4.79 Å². The number of nitrogens with one attached hydrogen (secondary N) is 2. The van der Waals surface area contributed by atoms with Gasteiger partial charge in [0.1, 0.15) is 0 Å². The first-order valence-electron chi connectivity index (χ1n) is 5.48. The Labute approximate surface area is 116 Å². The largest absolute Gasteiger partial charge is 0.325 e. The minimum Gasteiger partial charge on any atom is -0.325 e. The summed E-state index contributed by atoms with van der Waals surface area (Å²) in [5, 5.41) is 16.9. The van der Waals surface area contributed by atoms with Gasteiger partial charge in [-0.05, 0) is 29.6 Å². The molecule has 0 radical (unpaired) electrons. The molecule has 0 saturated heterocycles. The van der Waals surface area contributed by atoms with Crippen molar-refractivity contribution in [3.05, 3.63) is 24.3 Å². The molecule has 0 atom stereocenters. The number of rotatable bonds is 4. The molecule has 8 heteroatoms. The van der Waals surface area contributed by atoms with Crippen molar-refractivity contribution in [1.29, 1.82) is 0 Å². The van der Waals surface area contributed by atoms with Gasteiger partial charge >= 0.3 is 0 Å². The van der Waals surface area contributed by atoms with Crippen LogP contribution in [0.2, 0.25) is 0 Å². The quantitative estimate of drug-likeness (QED) is 0.851. The summed E-state index contributed by atoms with van der Waals surface area (Å²) >= 11 is 0. The highest BCUT2D eigenvalue weighted by Crippen LogP contribution is 2.19. The minimum atomic E-state index is -0.0919. The highest BCUT2D eigenvalue weighted by atomic mass is 35.5. The summed E-state index contributed by atoms with van der Waals surface area (Å²) in [6.45, 7) is 0.274. The van der Waals surface area contributed by atoms with Crippen molar-refractivity contribution in [2.45, 2.75) is 0 Å². The molecule has 2 aromatic rings. The number of carbonyl (C=O) groups is 1. The van der Waals surface area contributed by atoms with E-state index in [2.05, 4.69) is 26.2 Å². The molecule has 1 aromatic heterocycles. The van der Waals surface area contributed by atoms with Crippen molar-refractivity contribution in [2.75, 3.05) is 18.9 Å². The van der Waals surface area contributed by atoms with Gasteiger partial charge in [-0.15, -0.1) is 17.5 Å². The number of tetrazole rings is 1. The molecule has 7 nitrogen and oxygen atoms in total. The smallest absolute Gasteiger partial charge is 0.238 e. The summed E-state index contributed by atoms with van der Waals surface area (Å²) in [6, 6.07) is 7.39. The summed E-state index contributed by atoms with van der Waals surface area (Å²) in [5.41, 5.74) is 1.57. The Morgan fingerprint density at radius 1 is 1.42 bits per heavy atom. The van der Waals surface area contributed by atoms with E-state index in [1.165, 1.54) is 0 Å². The van der Waals surface area contributed by atoms with E-state index in [1.54, 1.807) is 18.8 Å². The van der Waals surface area contributed by atoms with Gasteiger partial charge in [0.25, 0.3) is 0 Å². The molecule has 1 amide bonds. The molecule has 0 aliphatic carbocycles. The van der Waals surface area contributed by atoms with Crippen LogP contribution in [0.15, 0.2) is 24.3 Å². The summed E-state index contributed by atoms with van der Waals surface area (Å²) in [7, 11) is 3.49. The number of halogens is 1. The topological polar surface area (TPSA) is 84.7 Å². The molecule has 0 unspecified atom stereocenters. The van der Waals surface area contributed by atoms with Crippen LogP contribution in [0.25, 0.3) is 11.4 Å². The second-order valence-corrected chi connectivity index (χ2v) is 3.79. The average molecular weight is 283 g/mol. The predicted octanol–water partition coefficient (Wildman–Crippen LogP) is 0.457. The fourth-order valence-corrected chi connectivity index (χ4v) is 1.58. The Morgan fingerprint density at radius 2 is 2.21 bits per heavy atom. The summed E-state index contributed by atoms with van der Waals surface area (Å²) in [5.74, 6) is 0.561. The van der Waals surface area contributed by atoms with Gasteiger partial charge in [-0.25, -0.2) is 4.68 Å². The van der Waals surface area contributed by atoms with Crippen LogP contribution in [0.5, 0.6) is 0 Å². The van der Waals surface area contributed by atoms with E-state index >= 15 is 0 Å². The number of nitrogens with zero attached hydrogens (tertiary/aromatic N) is 4. The fraction of sp³-hybridized carbons (Fsp3) is 0.273. The number of benzene rings is 1. The van der Waals surface area contributed by atoms with E-state index in [1.807, 2.05) is 24.3 Å². The Morgan fingerprint density at radius 3 is 2.84 bits per heavy atom. The third kappa shape index (κ3) is 3.73. The Bertz CT molecular complexity index is 556. The van der Waals surface area contributed by atoms with Crippen molar-refractivity contribution in [3.8, 4) is 11.4 Å². The third-order valence-electron chi connectivity index (χ3n) is 2.36. The Hall–Kier alpha value is -1.99. The zero-order valence-corrected chi connectivity index (χ0v) is 11.4. The van der Waals surface area contributed by atoms with Gasteiger partial charge in [0.2, 0.25) is 5.91 Å². The SMILES string of the molecule is CNCC(=O)Nc1cccc(-c2nnnn2C)c1.Cl. The maximum atomic E-state index is 11.5. The first kappa shape index (κ1) is 15.1. The van der Waals surface area contributed by atoms with Crippen LogP contribution < -0.4 is 10.6 Å². The van der Waals surface area contributed by atoms with Crippen molar-refractivity contribution in [3.63, 3.8) is 0 Å². The molecule has 19 heavy (non-hydrogen) atoms. The number of aryl methyl sites for hydroxylation is 1. The van der Waals surface area contributed by atoms with E-state index in [0.29, 0.717) is 5.82 Å². The van der Waals surface area contributed by atoms with Crippen LogP contribution in [-0.4, -0.2) is 39.7 Å². The van der Waals surface area contributed by atoms with Crippen molar-refractivity contribution >= 4 is 24.0 Å². The number of aromatic nitrogens is 4. The first-order chi connectivity index (χ1) is 8.70. The van der Waals surface area contributed by atoms with E-state index < -0.39 is 0 Å². The summed E-state index contributed by atoms with van der Waals surface area (Å²) in [4.78, 5) is 11.5. The van der Waals surface area contributed by atoms with Gasteiger partial charge in [0.15, 0.2) is 5.82 Å². The third-order valence-corrected chi connectivity index (χ3v) is 2.36. The molecule has 102 valence electrons. The number of carbonyl (C=O) groups excluding carboxylic acids is 1. The molecule has 2 rings (SSSR count). The number of amides is 1. The zero-order valence-electron chi connectivity index (χ0n) is 10.6. The van der Waals surface area contributed by atoms with Gasteiger partial charge in [-0.1, -0.05) is 12.1 Å². The van der Waals surface area contributed by atoms with E-state index in [9.17, 15) is 4.79 Å². The number of likely N-dealkylation sites (N-methyl/N-ethyl adjacent to an activating group) is 1. The number of hydrogen-bond donors (Lipinski definition) is 2. The molecule has 0 aliphatic rings. The summed E-state index contributed by atoms with van der Waals surface area (Å²) in [6.07, 6.45) is 0. The van der Waals surface area contributed by atoms with Crippen LogP contribution in [0, 0.1) is 0 Å². The van der Waals surface area contributed by atoms with Crippen molar-refractivity contribution in [2.24, 2.45) is 7.05 Å². The molecule has 0 saturated carbocycles. The van der Waals surface area contributed by atoms with Crippen LogP contribution in [0.4, 0.5) is 5.69 Å². The molecule has 2 N–H and O–H groups in total. The maximum absolute atomic E-state index is 11.5. The lowest BCUT2D eigenvalue weighted by Crippen LogP contribution is -2.25. The van der Waals surface area contributed by atoms with Crippen LogP contribution in [0.1, 0.15) is 0 Å². The molecule has 0 fully saturated rings. The lowest BCUT2D eigenvalue weighted by molar-refractivity contribution is -0.115. The zero-order chi connectivity index (χ0) is 13.0. The van der Waals surface area contributed by atoms with Gasteiger partial charge < -0.3 is 10.6 Å². The van der Waals surface area contributed by atoms with E-state index in [-0.39, 0.29) is 24.9 Å². The van der Waals surface area contributed by atoms with Gasteiger partial charge in [0, 0.05) is 18.3 Å². The summed E-state index contributed by atoms with van der Waals surface area (Å²) < 4.78 is 1.58. The maximum Gasteiger partial charge on any atom is 0.238 e. The average Bonchev–Trinajstić information content (AvgIpc) is 2.76. The molecule has 0 aliphatic heterocycles. The van der Waals surface area contributed by atoms with Gasteiger partial charge in [0.05, 0.1) is 6.54 Å². The number of hydrogen-bond acceptors (Lipinski definition) is 5. The fourth-order valence-electron chi connectivity index (χ4n) is 1.58. The lowest BCUT2D eigenvalue weighted by Gasteiger charge is -2.06. The number of anilines is 1. The van der Waals surface area contributed by atoms with Gasteiger partial charge in [-0.3, -0.25) is 4.79 Å². The molecule has 1 aromatic carbocycles. The Balaban J connectivity index is 0.00000180. The highest BCUT2D eigenvalue weighted by molar-refractivity contribution is 5.92. The normalized spacial score (nSPS) is 9.79. The molecular formula is C11H15ClN6O. The highest BCUT2D eigenvalue weighted by Gasteiger charge is 2.07. The first-order valence-corrected chi connectivity index (χ1v) is 5.48. The van der Waals surface area contributed by atoms with Crippen molar-refractivity contribution in [1.82, 2.24) is 25.5 Å². The van der Waals surface area contributed by atoms with Crippen LogP contribution in [0.3, 0.4) is 0 Å². The van der Waals surface area contributed by atoms with Crippen LogP contribution in [-0.2, 0) is 11.8 Å². The van der Waals surface area contributed by atoms with Gasteiger partial charge in [-0.2, -0.15) is 0 Å². The van der Waals surface area contributed by atoms with Crippen LogP contribution >= 0.6 is 12.4 Å². The molecular weight excluding hydrogens is 268 g/mol. The lowest BCUT2D eigenvalue weighted by atomic mass is 10.2. The second kappa shape index (κ2) is 6.81. The predicted molar refractivity (Wildman–Crippen MR) is 74.0 cm³/mol. The second-order valence-electron chi connectivity index (χ2n) is 3.79.